The number of ether oxygens (including phenoxy) is 1. The fourth-order valence-corrected chi connectivity index (χ4v) is 3.39. The first-order valence-corrected chi connectivity index (χ1v) is 10.7. The summed E-state index contributed by atoms with van der Waals surface area (Å²) in [6.07, 6.45) is 0. The van der Waals surface area contributed by atoms with E-state index in [9.17, 15) is 9.59 Å². The number of rotatable bonds is 7. The summed E-state index contributed by atoms with van der Waals surface area (Å²) in [6, 6.07) is 21.6. The molecule has 2 heterocycles. The number of aromatic nitrogens is 2. The number of benzene rings is 2. The van der Waals surface area contributed by atoms with Crippen LogP contribution in [0.3, 0.4) is 0 Å². The summed E-state index contributed by atoms with van der Waals surface area (Å²) < 4.78 is 12.9. The lowest BCUT2D eigenvalue weighted by Gasteiger charge is -2.09. The maximum Gasteiger partial charge on any atom is 0.333 e. The molecule has 0 aliphatic carbocycles. The number of amides is 3. The number of urea groups is 1. The number of hydrazine groups is 1. The molecule has 0 bridgehead atoms. The van der Waals surface area contributed by atoms with Crippen molar-refractivity contribution in [3.63, 3.8) is 0 Å². The van der Waals surface area contributed by atoms with Crippen molar-refractivity contribution >= 4 is 11.9 Å². The molecule has 2 aromatic carbocycles. The molecule has 0 atom stereocenters. The zero-order valence-corrected chi connectivity index (χ0v) is 18.9. The van der Waals surface area contributed by atoms with Crippen molar-refractivity contribution in [2.45, 2.75) is 27.0 Å². The van der Waals surface area contributed by atoms with Gasteiger partial charge in [-0.1, -0.05) is 36.4 Å². The van der Waals surface area contributed by atoms with E-state index in [1.54, 1.807) is 6.07 Å². The second kappa shape index (κ2) is 10.4. The predicted octanol–water partition coefficient (Wildman–Crippen LogP) is 3.81. The van der Waals surface area contributed by atoms with E-state index in [4.69, 9.17) is 9.15 Å². The number of carbonyl (C=O) groups is 2. The molecule has 2 aromatic heterocycles. The van der Waals surface area contributed by atoms with Gasteiger partial charge in [-0.15, -0.1) is 0 Å². The number of nitrogens with one attached hydrogen (secondary N) is 3. The summed E-state index contributed by atoms with van der Waals surface area (Å²) in [5.74, 6) is 0.663. The van der Waals surface area contributed by atoms with Gasteiger partial charge in [0.05, 0.1) is 11.4 Å². The van der Waals surface area contributed by atoms with Gasteiger partial charge in [-0.3, -0.25) is 10.2 Å². The van der Waals surface area contributed by atoms with Crippen molar-refractivity contribution in [2.75, 3.05) is 0 Å². The molecule has 9 heteroatoms. The number of aryl methyl sites for hydroxylation is 1. The van der Waals surface area contributed by atoms with Crippen LogP contribution in [-0.2, 0) is 13.2 Å². The minimum atomic E-state index is -0.578. The highest BCUT2D eigenvalue weighted by atomic mass is 16.5. The third kappa shape index (κ3) is 5.44. The van der Waals surface area contributed by atoms with E-state index in [1.807, 2.05) is 79.2 Å². The Morgan fingerprint density at radius 2 is 1.65 bits per heavy atom. The third-order valence-electron chi connectivity index (χ3n) is 5.17. The monoisotopic (exact) mass is 459 g/mol. The molecule has 174 valence electrons. The minimum Gasteiger partial charge on any atom is -0.486 e. The molecule has 0 aliphatic heterocycles. The maximum atomic E-state index is 12.3. The fraction of sp³-hybridized carbons (Fsp3) is 0.160. The minimum absolute atomic E-state index is 0.0581. The largest absolute Gasteiger partial charge is 0.486 e. The maximum absolute atomic E-state index is 12.3. The molecule has 0 spiro atoms. The second-order valence-corrected chi connectivity index (χ2v) is 7.53. The van der Waals surface area contributed by atoms with E-state index in [-0.39, 0.29) is 18.9 Å². The Balaban J connectivity index is 1.26. The summed E-state index contributed by atoms with van der Waals surface area (Å²) in [7, 11) is 0. The second-order valence-electron chi connectivity index (χ2n) is 7.53. The van der Waals surface area contributed by atoms with Gasteiger partial charge >= 0.3 is 11.9 Å². The van der Waals surface area contributed by atoms with Gasteiger partial charge in [0.1, 0.15) is 18.1 Å². The number of hydrogen-bond acceptors (Lipinski definition) is 5. The lowest BCUT2D eigenvalue weighted by atomic mass is 10.2. The molecule has 34 heavy (non-hydrogen) atoms. The Morgan fingerprint density at radius 3 is 2.38 bits per heavy atom. The van der Waals surface area contributed by atoms with Crippen molar-refractivity contribution in [1.29, 1.82) is 0 Å². The molecule has 3 N–H and O–H groups in total. The quantitative estimate of drug-likeness (QED) is 0.364. The molecule has 0 unspecified atom stereocenters. The summed E-state index contributed by atoms with van der Waals surface area (Å²) >= 11 is 0. The predicted molar refractivity (Wildman–Crippen MR) is 125 cm³/mol. The van der Waals surface area contributed by atoms with Crippen LogP contribution < -0.4 is 20.9 Å². The summed E-state index contributed by atoms with van der Waals surface area (Å²) in [5, 5.41) is 7.29. The van der Waals surface area contributed by atoms with Crippen molar-refractivity contribution < 1.29 is 18.7 Å². The van der Waals surface area contributed by atoms with Gasteiger partial charge in [-0.2, -0.15) is 5.10 Å². The van der Waals surface area contributed by atoms with E-state index < -0.39 is 11.9 Å². The van der Waals surface area contributed by atoms with Crippen molar-refractivity contribution in [1.82, 2.24) is 25.9 Å². The first kappa shape index (κ1) is 22.7. The third-order valence-corrected chi connectivity index (χ3v) is 5.17. The summed E-state index contributed by atoms with van der Waals surface area (Å²) in [4.78, 5) is 24.5. The molecular weight excluding hydrogens is 434 g/mol. The van der Waals surface area contributed by atoms with E-state index >= 15 is 0 Å². The van der Waals surface area contributed by atoms with Gasteiger partial charge in [-0.05, 0) is 50.2 Å². The van der Waals surface area contributed by atoms with Crippen LogP contribution >= 0.6 is 0 Å². The van der Waals surface area contributed by atoms with Crippen LogP contribution in [0.25, 0.3) is 5.69 Å². The van der Waals surface area contributed by atoms with Gasteiger partial charge in [0, 0.05) is 17.8 Å². The number of nitrogens with zero attached hydrogens (tertiary/aromatic N) is 2. The lowest BCUT2D eigenvalue weighted by Crippen LogP contribution is -2.46. The van der Waals surface area contributed by atoms with Crippen molar-refractivity contribution in [3.05, 3.63) is 101 Å². The van der Waals surface area contributed by atoms with E-state index in [0.29, 0.717) is 11.5 Å². The van der Waals surface area contributed by atoms with Crippen LogP contribution in [0, 0.1) is 13.8 Å². The SMILES string of the molecule is Cc1nn(-c2ccccc2)c(C)c1CNC(=O)NNC(=O)c1ccc(COc2ccccc2)o1. The van der Waals surface area contributed by atoms with E-state index in [1.165, 1.54) is 6.07 Å². The van der Waals surface area contributed by atoms with E-state index in [2.05, 4.69) is 21.3 Å². The Morgan fingerprint density at radius 1 is 0.941 bits per heavy atom. The number of hydrogen-bond donors (Lipinski definition) is 3. The normalized spacial score (nSPS) is 10.5. The smallest absolute Gasteiger partial charge is 0.333 e. The van der Waals surface area contributed by atoms with Gasteiger partial charge < -0.3 is 14.5 Å². The zero-order chi connectivity index (χ0) is 23.9. The van der Waals surface area contributed by atoms with Gasteiger partial charge in [0.25, 0.3) is 0 Å². The molecule has 3 amide bonds. The molecule has 0 fully saturated rings. The topological polar surface area (TPSA) is 110 Å². The Hall–Kier alpha value is -4.53. The summed E-state index contributed by atoms with van der Waals surface area (Å²) in [5.41, 5.74) is 8.24. The van der Waals surface area contributed by atoms with Gasteiger partial charge in [-0.25, -0.2) is 14.9 Å². The molecule has 0 saturated carbocycles. The fourth-order valence-electron chi connectivity index (χ4n) is 3.39. The van der Waals surface area contributed by atoms with Crippen LogP contribution in [-0.4, -0.2) is 21.7 Å². The molecule has 0 saturated heterocycles. The van der Waals surface area contributed by atoms with Gasteiger partial charge in [0.15, 0.2) is 5.76 Å². The highest BCUT2D eigenvalue weighted by molar-refractivity contribution is 5.92. The van der Waals surface area contributed by atoms with Crippen molar-refractivity contribution in [2.24, 2.45) is 0 Å². The average Bonchev–Trinajstić information content (AvgIpc) is 3.45. The molecule has 9 nitrogen and oxygen atoms in total. The lowest BCUT2D eigenvalue weighted by molar-refractivity contribution is 0.0904. The Labute approximate surface area is 196 Å². The molecular formula is C25H25N5O4. The first-order valence-electron chi connectivity index (χ1n) is 10.7. The highest BCUT2D eigenvalue weighted by Crippen LogP contribution is 2.17. The molecule has 4 aromatic rings. The van der Waals surface area contributed by atoms with Crippen LogP contribution in [0.1, 0.15) is 33.3 Å². The molecule has 0 aliphatic rings. The van der Waals surface area contributed by atoms with Crippen LogP contribution in [0.5, 0.6) is 5.75 Å². The number of carbonyl (C=O) groups excluding carboxylic acids is 2. The highest BCUT2D eigenvalue weighted by Gasteiger charge is 2.15. The van der Waals surface area contributed by atoms with Crippen LogP contribution in [0.2, 0.25) is 0 Å². The van der Waals surface area contributed by atoms with Gasteiger partial charge in [0.2, 0.25) is 0 Å². The van der Waals surface area contributed by atoms with Crippen molar-refractivity contribution in [3.8, 4) is 11.4 Å². The summed E-state index contributed by atoms with van der Waals surface area (Å²) in [6.45, 7) is 4.27. The Bertz CT molecular complexity index is 1270. The van der Waals surface area contributed by atoms with Crippen LogP contribution in [0.4, 0.5) is 4.79 Å². The standard InChI is InChI=1S/C25H25N5O4/c1-17-22(18(2)30(29-17)19-9-5-3-6-10-19)15-26-25(32)28-27-24(31)23-14-13-21(34-23)16-33-20-11-7-4-8-12-20/h3-14H,15-16H2,1-2H3,(H,27,31)(H2,26,28,32). The zero-order valence-electron chi connectivity index (χ0n) is 18.9. The number of para-hydroxylation sites is 2. The molecule has 4 rings (SSSR count). The number of furan rings is 1. The van der Waals surface area contributed by atoms with Crippen LogP contribution in [0.15, 0.2) is 77.2 Å². The average molecular weight is 460 g/mol. The first-order chi connectivity index (χ1) is 16.5. The van der Waals surface area contributed by atoms with E-state index in [0.717, 1.165) is 22.6 Å². The molecule has 0 radical (unpaired) electrons. The Kier molecular flexibility index (Phi) is 6.92.